The third kappa shape index (κ3) is 5.36. The first-order valence-electron chi connectivity index (χ1n) is 9.91. The fourth-order valence-electron chi connectivity index (χ4n) is 3.23. The lowest BCUT2D eigenvalue weighted by atomic mass is 10.2. The van der Waals surface area contributed by atoms with Crippen molar-refractivity contribution in [1.29, 1.82) is 0 Å². The standard InChI is InChI=1S/C21H27ClN4O3/c1-16(2)15-29-13-8-19(27)25-11-9-24(10-12-25)18-14-23-26(21(28)20(18)22)17-6-4-3-5-7-17/h3-7,14,16H,8-13,15H2,1-2H3. The van der Waals surface area contributed by atoms with E-state index in [4.69, 9.17) is 16.3 Å². The normalized spacial score (nSPS) is 14.5. The van der Waals surface area contributed by atoms with E-state index in [1.54, 1.807) is 18.3 Å². The van der Waals surface area contributed by atoms with E-state index in [0.29, 0.717) is 63.1 Å². The van der Waals surface area contributed by atoms with E-state index in [2.05, 4.69) is 18.9 Å². The quantitative estimate of drug-likeness (QED) is 0.646. The monoisotopic (exact) mass is 418 g/mol. The average Bonchev–Trinajstić information content (AvgIpc) is 2.73. The summed E-state index contributed by atoms with van der Waals surface area (Å²) in [6.07, 6.45) is 2.01. The fraction of sp³-hybridized carbons (Fsp3) is 0.476. The van der Waals surface area contributed by atoms with Crippen molar-refractivity contribution >= 4 is 23.2 Å². The molecule has 1 aromatic heterocycles. The summed E-state index contributed by atoms with van der Waals surface area (Å²) in [5, 5.41) is 4.43. The van der Waals surface area contributed by atoms with E-state index in [-0.39, 0.29) is 16.5 Å². The van der Waals surface area contributed by atoms with Crippen LogP contribution >= 0.6 is 11.6 Å². The molecule has 156 valence electrons. The molecule has 8 heteroatoms. The number of para-hydroxylation sites is 1. The summed E-state index contributed by atoms with van der Waals surface area (Å²) in [6, 6.07) is 9.17. The van der Waals surface area contributed by atoms with Gasteiger partial charge >= 0.3 is 0 Å². The molecule has 0 spiro atoms. The van der Waals surface area contributed by atoms with Gasteiger partial charge < -0.3 is 14.5 Å². The molecule has 2 aromatic rings. The maximum Gasteiger partial charge on any atom is 0.292 e. The second-order valence-corrected chi connectivity index (χ2v) is 7.86. The number of hydrogen-bond donors (Lipinski definition) is 0. The molecule has 29 heavy (non-hydrogen) atoms. The van der Waals surface area contributed by atoms with Crippen LogP contribution in [0, 0.1) is 5.92 Å². The molecule has 0 atom stereocenters. The molecule has 3 rings (SSSR count). The molecule has 2 heterocycles. The zero-order chi connectivity index (χ0) is 20.8. The SMILES string of the molecule is CC(C)COCCC(=O)N1CCN(c2cnn(-c3ccccc3)c(=O)c2Cl)CC1. The Hall–Kier alpha value is -2.38. The number of anilines is 1. The second kappa shape index (κ2) is 9.89. The highest BCUT2D eigenvalue weighted by molar-refractivity contribution is 6.33. The zero-order valence-electron chi connectivity index (χ0n) is 16.9. The van der Waals surface area contributed by atoms with Gasteiger partial charge in [0.15, 0.2) is 0 Å². The lowest BCUT2D eigenvalue weighted by Gasteiger charge is -2.36. The molecule has 1 aliphatic rings. The van der Waals surface area contributed by atoms with E-state index >= 15 is 0 Å². The van der Waals surface area contributed by atoms with Crippen molar-refractivity contribution < 1.29 is 9.53 Å². The van der Waals surface area contributed by atoms with Crippen molar-refractivity contribution in [1.82, 2.24) is 14.7 Å². The zero-order valence-corrected chi connectivity index (χ0v) is 17.6. The van der Waals surface area contributed by atoms with Crippen molar-refractivity contribution in [3.8, 4) is 5.69 Å². The Morgan fingerprint density at radius 3 is 2.52 bits per heavy atom. The van der Waals surface area contributed by atoms with Gasteiger partial charge in [0.05, 0.1) is 30.6 Å². The summed E-state index contributed by atoms with van der Waals surface area (Å²) in [5.74, 6) is 0.557. The summed E-state index contributed by atoms with van der Waals surface area (Å²) in [5.41, 5.74) is 0.924. The lowest BCUT2D eigenvalue weighted by Crippen LogP contribution is -2.49. The number of amides is 1. The summed E-state index contributed by atoms with van der Waals surface area (Å²) in [7, 11) is 0. The highest BCUT2D eigenvalue weighted by Crippen LogP contribution is 2.23. The summed E-state index contributed by atoms with van der Waals surface area (Å²) in [4.78, 5) is 28.8. The number of aromatic nitrogens is 2. The van der Waals surface area contributed by atoms with Crippen LogP contribution in [0.25, 0.3) is 5.69 Å². The average molecular weight is 419 g/mol. The topological polar surface area (TPSA) is 67.7 Å². The Bertz CT molecular complexity index is 877. The molecule has 1 fully saturated rings. The van der Waals surface area contributed by atoms with E-state index < -0.39 is 0 Å². The molecule has 0 aliphatic carbocycles. The van der Waals surface area contributed by atoms with Crippen LogP contribution in [0.15, 0.2) is 41.3 Å². The van der Waals surface area contributed by atoms with Gasteiger partial charge in [0.1, 0.15) is 5.02 Å². The summed E-state index contributed by atoms with van der Waals surface area (Å²) < 4.78 is 6.80. The minimum absolute atomic E-state index is 0.0946. The molecule has 0 bridgehead atoms. The van der Waals surface area contributed by atoms with Crippen LogP contribution in [0.5, 0.6) is 0 Å². The van der Waals surface area contributed by atoms with Gasteiger partial charge in [0.25, 0.3) is 5.56 Å². The van der Waals surface area contributed by atoms with Crippen LogP contribution in [-0.4, -0.2) is 60.0 Å². The molecule has 0 N–H and O–H groups in total. The van der Waals surface area contributed by atoms with Gasteiger partial charge in [0.2, 0.25) is 5.91 Å². The lowest BCUT2D eigenvalue weighted by molar-refractivity contribution is -0.132. The molecule has 0 radical (unpaired) electrons. The minimum Gasteiger partial charge on any atom is -0.381 e. The van der Waals surface area contributed by atoms with Gasteiger partial charge in [0, 0.05) is 32.8 Å². The number of piperazine rings is 1. The van der Waals surface area contributed by atoms with Crippen molar-refractivity contribution in [3.05, 3.63) is 51.9 Å². The molecule has 1 aromatic carbocycles. The third-order valence-electron chi connectivity index (χ3n) is 4.79. The Morgan fingerprint density at radius 1 is 1.17 bits per heavy atom. The van der Waals surface area contributed by atoms with Crippen LogP contribution in [0.2, 0.25) is 5.02 Å². The number of carbonyl (C=O) groups excluding carboxylic acids is 1. The Labute approximate surface area is 175 Å². The molecule has 0 saturated carbocycles. The van der Waals surface area contributed by atoms with Gasteiger partial charge in [-0.05, 0) is 18.1 Å². The van der Waals surface area contributed by atoms with Gasteiger partial charge in [-0.15, -0.1) is 0 Å². The molecule has 0 unspecified atom stereocenters. The Morgan fingerprint density at radius 2 is 1.86 bits per heavy atom. The highest BCUT2D eigenvalue weighted by atomic mass is 35.5. The molecular formula is C21H27ClN4O3. The molecule has 1 aliphatic heterocycles. The number of hydrogen-bond acceptors (Lipinski definition) is 5. The maximum atomic E-state index is 12.7. The van der Waals surface area contributed by atoms with E-state index in [1.807, 2.05) is 28.0 Å². The van der Waals surface area contributed by atoms with E-state index in [1.165, 1.54) is 4.68 Å². The van der Waals surface area contributed by atoms with Crippen molar-refractivity contribution in [2.45, 2.75) is 20.3 Å². The number of nitrogens with zero attached hydrogens (tertiary/aromatic N) is 4. The first-order valence-corrected chi connectivity index (χ1v) is 10.3. The third-order valence-corrected chi connectivity index (χ3v) is 5.14. The predicted octanol–water partition coefficient (Wildman–Crippen LogP) is 2.60. The summed E-state index contributed by atoms with van der Waals surface area (Å²) in [6.45, 7) is 7.66. The van der Waals surface area contributed by atoms with Crippen LogP contribution in [-0.2, 0) is 9.53 Å². The van der Waals surface area contributed by atoms with E-state index in [9.17, 15) is 9.59 Å². The van der Waals surface area contributed by atoms with Crippen LogP contribution < -0.4 is 10.5 Å². The van der Waals surface area contributed by atoms with Crippen molar-refractivity contribution in [2.24, 2.45) is 5.92 Å². The number of carbonyl (C=O) groups is 1. The molecular weight excluding hydrogens is 392 g/mol. The first kappa shape index (κ1) is 21.3. The molecule has 1 amide bonds. The van der Waals surface area contributed by atoms with Crippen LogP contribution in [0.4, 0.5) is 5.69 Å². The molecule has 7 nitrogen and oxygen atoms in total. The van der Waals surface area contributed by atoms with Crippen molar-refractivity contribution in [3.63, 3.8) is 0 Å². The highest BCUT2D eigenvalue weighted by Gasteiger charge is 2.24. The smallest absolute Gasteiger partial charge is 0.292 e. The number of rotatable bonds is 7. The van der Waals surface area contributed by atoms with Crippen LogP contribution in [0.3, 0.4) is 0 Å². The maximum absolute atomic E-state index is 12.7. The van der Waals surface area contributed by atoms with Gasteiger partial charge in [-0.2, -0.15) is 9.78 Å². The molecule has 1 saturated heterocycles. The van der Waals surface area contributed by atoms with Crippen LogP contribution in [0.1, 0.15) is 20.3 Å². The number of ether oxygens (including phenoxy) is 1. The van der Waals surface area contributed by atoms with Gasteiger partial charge in [-0.3, -0.25) is 9.59 Å². The minimum atomic E-state index is -0.351. The van der Waals surface area contributed by atoms with Crippen molar-refractivity contribution in [2.75, 3.05) is 44.3 Å². The largest absolute Gasteiger partial charge is 0.381 e. The number of halogens is 1. The fourth-order valence-corrected chi connectivity index (χ4v) is 3.48. The second-order valence-electron chi connectivity index (χ2n) is 7.48. The Kier molecular flexibility index (Phi) is 7.28. The Balaban J connectivity index is 1.59. The summed E-state index contributed by atoms with van der Waals surface area (Å²) >= 11 is 6.38. The number of benzene rings is 1. The van der Waals surface area contributed by atoms with E-state index in [0.717, 1.165) is 0 Å². The first-order chi connectivity index (χ1) is 14.0. The predicted molar refractivity (Wildman–Crippen MR) is 114 cm³/mol. The van der Waals surface area contributed by atoms with Gasteiger partial charge in [-0.25, -0.2) is 0 Å². The van der Waals surface area contributed by atoms with Gasteiger partial charge in [-0.1, -0.05) is 43.6 Å².